The molecule has 4 aromatic rings. The fourth-order valence-corrected chi connectivity index (χ4v) is 3.63. The second-order valence-electron chi connectivity index (χ2n) is 6.50. The predicted octanol–water partition coefficient (Wildman–Crippen LogP) is 4.13. The minimum atomic E-state index is -0.324. The molecule has 9 heteroatoms. The van der Waals surface area contributed by atoms with Crippen LogP contribution < -0.4 is 16.0 Å². The van der Waals surface area contributed by atoms with E-state index in [1.807, 2.05) is 19.2 Å². The molecule has 0 aliphatic heterocycles. The van der Waals surface area contributed by atoms with Crippen molar-refractivity contribution < 1.29 is 19.1 Å². The number of nitrogens with zero attached hydrogens (tertiary/aromatic N) is 1. The first-order valence-electron chi connectivity index (χ1n) is 9.39. The molecule has 0 spiro atoms. The standard InChI is InChI=1S/C16H13N3O3S.C6H9NO/c1-9-3-2-4-12(21)14(9)19-15(22)10-5-6-11-13(7-10)23-16(18-11)17-8-20;1-7-5-6-3-2-4-8-6/h2-8,21H,1H3,(H,19,22)(H,17,18,20);2-4,7H,5H2,1H3. The number of anilines is 2. The van der Waals surface area contributed by atoms with Gasteiger partial charge in [-0.15, -0.1) is 0 Å². The second kappa shape index (κ2) is 10.4. The molecule has 2 aromatic carbocycles. The van der Waals surface area contributed by atoms with Crippen LogP contribution in [0.25, 0.3) is 10.2 Å². The monoisotopic (exact) mass is 438 g/mol. The highest BCUT2D eigenvalue weighted by atomic mass is 32.1. The van der Waals surface area contributed by atoms with Gasteiger partial charge in [-0.25, -0.2) is 4.98 Å². The quantitative estimate of drug-likeness (QED) is 0.266. The first-order valence-corrected chi connectivity index (χ1v) is 10.2. The minimum Gasteiger partial charge on any atom is -0.506 e. The number of fused-ring (bicyclic) bond motifs is 1. The average Bonchev–Trinajstić information content (AvgIpc) is 3.40. The van der Waals surface area contributed by atoms with Crippen LogP contribution in [0.5, 0.6) is 5.75 Å². The number of amides is 2. The first-order chi connectivity index (χ1) is 15.0. The Kier molecular flexibility index (Phi) is 7.36. The van der Waals surface area contributed by atoms with Crippen LogP contribution in [0.2, 0.25) is 0 Å². The molecule has 0 bridgehead atoms. The third-order valence-electron chi connectivity index (χ3n) is 4.25. The predicted molar refractivity (Wildman–Crippen MR) is 122 cm³/mol. The fourth-order valence-electron chi connectivity index (χ4n) is 2.77. The number of thiazole rings is 1. The zero-order valence-corrected chi connectivity index (χ0v) is 17.8. The summed E-state index contributed by atoms with van der Waals surface area (Å²) in [6.07, 6.45) is 2.24. The molecular formula is C22H22N4O4S. The van der Waals surface area contributed by atoms with Gasteiger partial charge in [0.05, 0.1) is 28.7 Å². The van der Waals surface area contributed by atoms with Gasteiger partial charge in [-0.1, -0.05) is 23.5 Å². The van der Waals surface area contributed by atoms with Crippen LogP contribution in [-0.2, 0) is 11.3 Å². The van der Waals surface area contributed by atoms with Crippen LogP contribution in [0.4, 0.5) is 10.8 Å². The van der Waals surface area contributed by atoms with Crippen molar-refractivity contribution in [1.29, 1.82) is 0 Å². The van der Waals surface area contributed by atoms with Gasteiger partial charge in [0, 0.05) is 5.56 Å². The number of benzene rings is 2. The molecule has 2 aromatic heterocycles. The first kappa shape index (κ1) is 22.0. The highest BCUT2D eigenvalue weighted by Gasteiger charge is 2.13. The van der Waals surface area contributed by atoms with E-state index >= 15 is 0 Å². The summed E-state index contributed by atoms with van der Waals surface area (Å²) < 4.78 is 5.80. The Morgan fingerprint density at radius 2 is 2.06 bits per heavy atom. The van der Waals surface area contributed by atoms with E-state index in [1.54, 1.807) is 43.5 Å². The van der Waals surface area contributed by atoms with Gasteiger partial charge < -0.3 is 25.5 Å². The van der Waals surface area contributed by atoms with E-state index in [1.165, 1.54) is 17.4 Å². The van der Waals surface area contributed by atoms with Crippen LogP contribution in [-0.4, -0.2) is 29.5 Å². The van der Waals surface area contributed by atoms with Crippen LogP contribution >= 0.6 is 11.3 Å². The summed E-state index contributed by atoms with van der Waals surface area (Å²) in [5.41, 5.74) is 2.32. The van der Waals surface area contributed by atoms with Crippen molar-refractivity contribution in [1.82, 2.24) is 10.3 Å². The molecule has 0 aliphatic carbocycles. The molecule has 4 rings (SSSR count). The third kappa shape index (κ3) is 5.68. The number of phenolic OH excluding ortho intramolecular Hbond substituents is 1. The Morgan fingerprint density at radius 1 is 1.23 bits per heavy atom. The summed E-state index contributed by atoms with van der Waals surface area (Å²) in [7, 11) is 1.89. The number of nitrogens with one attached hydrogen (secondary N) is 3. The third-order valence-corrected chi connectivity index (χ3v) is 5.20. The molecule has 0 fully saturated rings. The number of aryl methyl sites for hydroxylation is 1. The lowest BCUT2D eigenvalue weighted by Gasteiger charge is -2.10. The lowest BCUT2D eigenvalue weighted by molar-refractivity contribution is -0.105. The maximum Gasteiger partial charge on any atom is 0.255 e. The molecule has 31 heavy (non-hydrogen) atoms. The number of aromatic hydroxyl groups is 1. The molecule has 2 heterocycles. The van der Waals surface area contributed by atoms with Gasteiger partial charge in [0.25, 0.3) is 5.91 Å². The van der Waals surface area contributed by atoms with Gasteiger partial charge in [0.15, 0.2) is 5.13 Å². The highest BCUT2D eigenvalue weighted by Crippen LogP contribution is 2.29. The number of rotatable bonds is 6. The van der Waals surface area contributed by atoms with Gasteiger partial charge in [0.2, 0.25) is 6.41 Å². The largest absolute Gasteiger partial charge is 0.506 e. The summed E-state index contributed by atoms with van der Waals surface area (Å²) in [5.74, 6) is 0.678. The summed E-state index contributed by atoms with van der Waals surface area (Å²) in [5, 5.41) is 18.5. The van der Waals surface area contributed by atoms with Crippen molar-refractivity contribution in [2.24, 2.45) is 0 Å². The molecule has 0 aliphatic rings. The van der Waals surface area contributed by atoms with Crippen LogP contribution in [0.3, 0.4) is 0 Å². The number of carbonyl (C=O) groups is 2. The molecule has 0 unspecified atom stereocenters. The Bertz CT molecular complexity index is 1150. The minimum absolute atomic E-state index is 0.0229. The fraction of sp³-hybridized carbons (Fsp3) is 0.136. The van der Waals surface area contributed by atoms with Crippen molar-refractivity contribution in [2.45, 2.75) is 13.5 Å². The van der Waals surface area contributed by atoms with Crippen molar-refractivity contribution in [3.05, 3.63) is 71.7 Å². The van der Waals surface area contributed by atoms with Crippen LogP contribution in [0.1, 0.15) is 21.7 Å². The highest BCUT2D eigenvalue weighted by molar-refractivity contribution is 7.22. The van der Waals surface area contributed by atoms with E-state index in [9.17, 15) is 14.7 Å². The van der Waals surface area contributed by atoms with Crippen molar-refractivity contribution >= 4 is 44.7 Å². The smallest absolute Gasteiger partial charge is 0.255 e. The molecule has 160 valence electrons. The lowest BCUT2D eigenvalue weighted by Crippen LogP contribution is -2.12. The molecule has 0 atom stereocenters. The molecule has 2 amide bonds. The summed E-state index contributed by atoms with van der Waals surface area (Å²) in [4.78, 5) is 27.1. The second-order valence-corrected chi connectivity index (χ2v) is 7.53. The Labute approximate surface area is 182 Å². The van der Waals surface area contributed by atoms with Crippen molar-refractivity contribution in [3.63, 3.8) is 0 Å². The van der Waals surface area contributed by atoms with E-state index in [0.29, 0.717) is 28.3 Å². The molecule has 0 saturated carbocycles. The zero-order valence-electron chi connectivity index (χ0n) is 17.0. The van der Waals surface area contributed by atoms with E-state index in [-0.39, 0.29) is 11.7 Å². The maximum absolute atomic E-state index is 12.4. The summed E-state index contributed by atoms with van der Waals surface area (Å²) in [6.45, 7) is 2.62. The number of phenols is 1. The topological polar surface area (TPSA) is 116 Å². The number of furan rings is 1. The van der Waals surface area contributed by atoms with Gasteiger partial charge in [0.1, 0.15) is 11.5 Å². The normalized spacial score (nSPS) is 10.3. The zero-order chi connectivity index (χ0) is 22.2. The SMILES string of the molecule is CNCc1ccco1.Cc1cccc(O)c1NC(=O)c1ccc2nc(NC=O)sc2c1. The number of aromatic nitrogens is 1. The molecule has 4 N–H and O–H groups in total. The molecule has 0 saturated heterocycles. The van der Waals surface area contributed by atoms with Crippen LogP contribution in [0, 0.1) is 6.92 Å². The molecule has 8 nitrogen and oxygen atoms in total. The Hall–Kier alpha value is -3.69. The van der Waals surface area contributed by atoms with E-state index in [0.717, 1.165) is 22.6 Å². The average molecular weight is 439 g/mol. The number of para-hydroxylation sites is 1. The van der Waals surface area contributed by atoms with Crippen LogP contribution in [0.15, 0.2) is 59.2 Å². The molecule has 0 radical (unpaired) electrons. The Balaban J connectivity index is 0.000000287. The van der Waals surface area contributed by atoms with E-state index in [4.69, 9.17) is 4.42 Å². The summed E-state index contributed by atoms with van der Waals surface area (Å²) in [6, 6.07) is 13.9. The molecular weight excluding hydrogens is 416 g/mol. The number of carbonyl (C=O) groups excluding carboxylic acids is 2. The summed E-state index contributed by atoms with van der Waals surface area (Å²) >= 11 is 1.28. The van der Waals surface area contributed by atoms with Gasteiger partial charge in [-0.05, 0) is 55.9 Å². The Morgan fingerprint density at radius 3 is 2.74 bits per heavy atom. The van der Waals surface area contributed by atoms with E-state index in [2.05, 4.69) is 20.9 Å². The van der Waals surface area contributed by atoms with Gasteiger partial charge >= 0.3 is 0 Å². The number of hydrogen-bond donors (Lipinski definition) is 4. The van der Waals surface area contributed by atoms with Crippen molar-refractivity contribution in [2.75, 3.05) is 17.7 Å². The lowest BCUT2D eigenvalue weighted by atomic mass is 10.1. The van der Waals surface area contributed by atoms with Gasteiger partial charge in [-0.2, -0.15) is 0 Å². The number of hydrogen-bond acceptors (Lipinski definition) is 7. The van der Waals surface area contributed by atoms with Crippen molar-refractivity contribution in [3.8, 4) is 5.75 Å². The maximum atomic E-state index is 12.4. The van der Waals surface area contributed by atoms with Gasteiger partial charge in [-0.3, -0.25) is 9.59 Å². The van der Waals surface area contributed by atoms with E-state index < -0.39 is 0 Å².